The Labute approximate surface area is 98.4 Å². The Morgan fingerprint density at radius 1 is 1.47 bits per heavy atom. The van der Waals surface area contributed by atoms with E-state index in [2.05, 4.69) is 22.0 Å². The molecule has 2 nitrogen and oxygen atoms in total. The van der Waals surface area contributed by atoms with E-state index in [1.54, 1.807) is 13.8 Å². The predicted molar refractivity (Wildman–Crippen MR) is 63.2 cm³/mol. The lowest BCUT2D eigenvalue weighted by molar-refractivity contribution is -0.0424. The third kappa shape index (κ3) is 2.34. The quantitative estimate of drug-likeness (QED) is 0.851. The maximum Gasteiger partial charge on any atom is 0.127 e. The van der Waals surface area contributed by atoms with E-state index in [1.807, 2.05) is 12.1 Å². The first kappa shape index (κ1) is 11.0. The number of aliphatic hydroxyl groups is 1. The second-order valence-electron chi connectivity index (χ2n) is 4.55. The van der Waals surface area contributed by atoms with Crippen LogP contribution in [0.2, 0.25) is 0 Å². The van der Waals surface area contributed by atoms with Crippen LogP contribution in [0.5, 0.6) is 5.75 Å². The number of ether oxygens (including phenoxy) is 1. The van der Waals surface area contributed by atoms with E-state index in [4.69, 9.17) is 4.74 Å². The highest BCUT2D eigenvalue weighted by molar-refractivity contribution is 9.10. The summed E-state index contributed by atoms with van der Waals surface area (Å²) >= 11 is 3.44. The molecule has 0 aromatic heterocycles. The lowest BCUT2D eigenvalue weighted by Gasteiger charge is -2.34. The van der Waals surface area contributed by atoms with Gasteiger partial charge in [0.1, 0.15) is 11.9 Å². The molecule has 1 aliphatic heterocycles. The molecule has 0 spiro atoms. The van der Waals surface area contributed by atoms with Gasteiger partial charge in [-0.2, -0.15) is 0 Å². The van der Waals surface area contributed by atoms with E-state index in [9.17, 15) is 5.11 Å². The fourth-order valence-electron chi connectivity index (χ4n) is 1.85. The van der Waals surface area contributed by atoms with E-state index in [-0.39, 0.29) is 6.10 Å². The Morgan fingerprint density at radius 2 is 2.20 bits per heavy atom. The van der Waals surface area contributed by atoms with Crippen molar-refractivity contribution in [3.63, 3.8) is 0 Å². The molecule has 1 aromatic rings. The zero-order chi connectivity index (χ0) is 11.1. The van der Waals surface area contributed by atoms with E-state index in [0.717, 1.165) is 23.1 Å². The molecular weight excluding hydrogens is 256 g/mol. The number of halogens is 1. The number of benzene rings is 1. The average Bonchev–Trinajstić information content (AvgIpc) is 2.15. The van der Waals surface area contributed by atoms with Gasteiger partial charge in [0.05, 0.1) is 5.60 Å². The highest BCUT2D eigenvalue weighted by Crippen LogP contribution is 2.33. The number of aryl methyl sites for hydroxylation is 1. The van der Waals surface area contributed by atoms with Gasteiger partial charge in [0.2, 0.25) is 0 Å². The molecule has 0 aliphatic carbocycles. The van der Waals surface area contributed by atoms with Crippen LogP contribution in [0.4, 0.5) is 0 Å². The first-order valence-corrected chi connectivity index (χ1v) is 5.93. The van der Waals surface area contributed by atoms with Crippen LogP contribution in [-0.2, 0) is 6.42 Å². The van der Waals surface area contributed by atoms with Gasteiger partial charge >= 0.3 is 0 Å². The molecule has 15 heavy (non-hydrogen) atoms. The Hall–Kier alpha value is -0.540. The maximum absolute atomic E-state index is 9.89. The summed E-state index contributed by atoms with van der Waals surface area (Å²) in [7, 11) is 0. The molecule has 2 rings (SSSR count). The lowest BCUT2D eigenvalue weighted by atomic mass is 9.92. The number of fused-ring (bicyclic) bond motifs is 1. The normalized spacial score (nSPS) is 20.7. The monoisotopic (exact) mass is 270 g/mol. The Bertz CT molecular complexity index is 368. The first-order valence-electron chi connectivity index (χ1n) is 5.14. The Morgan fingerprint density at radius 3 is 2.87 bits per heavy atom. The molecule has 0 bridgehead atoms. The molecule has 82 valence electrons. The van der Waals surface area contributed by atoms with Gasteiger partial charge in [-0.15, -0.1) is 0 Å². The predicted octanol–water partition coefficient (Wildman–Crippen LogP) is 2.91. The molecule has 1 unspecified atom stereocenters. The van der Waals surface area contributed by atoms with Crippen molar-refractivity contribution < 1.29 is 9.84 Å². The SMILES string of the molecule is CC(C)(O)C1CCc2cc(Br)ccc2O1. The summed E-state index contributed by atoms with van der Waals surface area (Å²) in [5, 5.41) is 9.89. The van der Waals surface area contributed by atoms with E-state index in [1.165, 1.54) is 5.56 Å². The van der Waals surface area contributed by atoms with Crippen molar-refractivity contribution in [2.45, 2.75) is 38.4 Å². The number of rotatable bonds is 1. The van der Waals surface area contributed by atoms with Crippen molar-refractivity contribution >= 4 is 15.9 Å². The molecule has 0 amide bonds. The van der Waals surface area contributed by atoms with Gasteiger partial charge in [0, 0.05) is 4.47 Å². The summed E-state index contributed by atoms with van der Waals surface area (Å²) in [6.45, 7) is 3.59. The van der Waals surface area contributed by atoms with Crippen LogP contribution in [0.25, 0.3) is 0 Å². The molecule has 0 saturated carbocycles. The summed E-state index contributed by atoms with van der Waals surface area (Å²) < 4.78 is 6.86. The fourth-order valence-corrected chi connectivity index (χ4v) is 2.26. The highest BCUT2D eigenvalue weighted by atomic mass is 79.9. The largest absolute Gasteiger partial charge is 0.487 e. The molecule has 0 saturated heterocycles. The fraction of sp³-hybridized carbons (Fsp3) is 0.500. The summed E-state index contributed by atoms with van der Waals surface area (Å²) in [6.07, 6.45) is 1.72. The molecule has 3 heteroatoms. The summed E-state index contributed by atoms with van der Waals surface area (Å²) in [4.78, 5) is 0. The van der Waals surface area contributed by atoms with Crippen LogP contribution in [0, 0.1) is 0 Å². The van der Waals surface area contributed by atoms with Crippen LogP contribution in [0.15, 0.2) is 22.7 Å². The lowest BCUT2D eigenvalue weighted by Crippen LogP contribution is -2.42. The zero-order valence-corrected chi connectivity index (χ0v) is 10.5. The van der Waals surface area contributed by atoms with Gasteiger partial charge in [0.15, 0.2) is 0 Å². The minimum absolute atomic E-state index is 0.105. The molecule has 1 N–H and O–H groups in total. The van der Waals surface area contributed by atoms with Crippen molar-refractivity contribution in [1.29, 1.82) is 0 Å². The smallest absolute Gasteiger partial charge is 0.127 e. The van der Waals surface area contributed by atoms with Crippen LogP contribution in [-0.4, -0.2) is 16.8 Å². The molecule has 1 aromatic carbocycles. The second-order valence-corrected chi connectivity index (χ2v) is 5.47. The minimum Gasteiger partial charge on any atom is -0.487 e. The van der Waals surface area contributed by atoms with Gasteiger partial charge in [-0.05, 0) is 50.5 Å². The maximum atomic E-state index is 9.89. The third-order valence-electron chi connectivity index (χ3n) is 2.76. The van der Waals surface area contributed by atoms with Crippen molar-refractivity contribution in [1.82, 2.24) is 0 Å². The topological polar surface area (TPSA) is 29.5 Å². The van der Waals surface area contributed by atoms with Gasteiger partial charge < -0.3 is 9.84 Å². The van der Waals surface area contributed by atoms with Crippen LogP contribution >= 0.6 is 15.9 Å². The summed E-state index contributed by atoms with van der Waals surface area (Å²) in [5.41, 5.74) is 0.440. The number of hydrogen-bond donors (Lipinski definition) is 1. The standard InChI is InChI=1S/C12H15BrO2/c1-12(2,14)11-6-3-8-7-9(13)4-5-10(8)15-11/h4-5,7,11,14H,3,6H2,1-2H3. The molecule has 0 radical (unpaired) electrons. The third-order valence-corrected chi connectivity index (χ3v) is 3.25. The van der Waals surface area contributed by atoms with Gasteiger partial charge in [-0.1, -0.05) is 15.9 Å². The Balaban J connectivity index is 2.24. The second kappa shape index (κ2) is 3.80. The first-order chi connectivity index (χ1) is 6.97. The highest BCUT2D eigenvalue weighted by Gasteiger charge is 2.31. The van der Waals surface area contributed by atoms with E-state index >= 15 is 0 Å². The molecular formula is C12H15BrO2. The molecule has 1 heterocycles. The summed E-state index contributed by atoms with van der Waals surface area (Å²) in [6, 6.07) is 6.00. The Kier molecular flexibility index (Phi) is 2.77. The van der Waals surface area contributed by atoms with Gasteiger partial charge in [-0.25, -0.2) is 0 Å². The van der Waals surface area contributed by atoms with Gasteiger partial charge in [0.25, 0.3) is 0 Å². The molecule has 1 aliphatic rings. The van der Waals surface area contributed by atoms with E-state index < -0.39 is 5.60 Å². The van der Waals surface area contributed by atoms with E-state index in [0.29, 0.717) is 0 Å². The van der Waals surface area contributed by atoms with Gasteiger partial charge in [-0.3, -0.25) is 0 Å². The van der Waals surface area contributed by atoms with Crippen molar-refractivity contribution in [3.05, 3.63) is 28.2 Å². The number of hydrogen-bond acceptors (Lipinski definition) is 2. The van der Waals surface area contributed by atoms with Crippen molar-refractivity contribution in [2.75, 3.05) is 0 Å². The van der Waals surface area contributed by atoms with Crippen LogP contribution in [0.1, 0.15) is 25.8 Å². The van der Waals surface area contributed by atoms with Crippen molar-refractivity contribution in [2.24, 2.45) is 0 Å². The summed E-state index contributed by atoms with van der Waals surface area (Å²) in [5.74, 6) is 0.900. The zero-order valence-electron chi connectivity index (χ0n) is 8.96. The average molecular weight is 271 g/mol. The van der Waals surface area contributed by atoms with Crippen molar-refractivity contribution in [3.8, 4) is 5.75 Å². The van der Waals surface area contributed by atoms with Crippen LogP contribution < -0.4 is 4.74 Å². The molecule has 1 atom stereocenters. The van der Waals surface area contributed by atoms with Crippen LogP contribution in [0.3, 0.4) is 0 Å². The minimum atomic E-state index is -0.773. The molecule has 0 fully saturated rings.